The largest absolute Gasteiger partial charge is 0.507 e. The molecule has 0 radical (unpaired) electrons. The fraction of sp³-hybridized carbons (Fsp3) is 0.0769. The predicted molar refractivity (Wildman–Crippen MR) is 66.0 cm³/mol. The Bertz CT molecular complexity index is 492. The van der Waals surface area contributed by atoms with Gasteiger partial charge in [0, 0.05) is 0 Å². The monoisotopic (exact) mass is 262 g/mol. The molecule has 2 heteroatoms. The molecule has 0 aromatic heterocycles. The number of aromatic hydroxyl groups is 1. The number of phenols is 1. The number of aryl methyl sites for hydroxylation is 1. The highest BCUT2D eigenvalue weighted by molar-refractivity contribution is 9.10. The third kappa shape index (κ3) is 2.21. The van der Waals surface area contributed by atoms with Gasteiger partial charge in [0.2, 0.25) is 0 Å². The number of halogens is 1. The Morgan fingerprint density at radius 1 is 1.00 bits per heavy atom. The first-order chi connectivity index (χ1) is 7.16. The zero-order valence-electron chi connectivity index (χ0n) is 8.37. The molecule has 0 saturated carbocycles. The van der Waals surface area contributed by atoms with Gasteiger partial charge in [-0.05, 0) is 46.1 Å². The summed E-state index contributed by atoms with van der Waals surface area (Å²) >= 11 is 3.31. The quantitative estimate of drug-likeness (QED) is 0.820. The Balaban J connectivity index is 2.50. The zero-order chi connectivity index (χ0) is 10.8. The highest BCUT2D eigenvalue weighted by Gasteiger charge is 2.01. The molecule has 0 amide bonds. The molecule has 0 atom stereocenters. The second-order valence-electron chi connectivity index (χ2n) is 3.54. The van der Waals surface area contributed by atoms with Crippen molar-refractivity contribution in [1.29, 1.82) is 0 Å². The average Bonchev–Trinajstić information content (AvgIpc) is 2.22. The first kappa shape index (κ1) is 10.2. The lowest BCUT2D eigenvalue weighted by Gasteiger charge is -2.04. The molecule has 0 unspecified atom stereocenters. The number of rotatable bonds is 1. The van der Waals surface area contributed by atoms with Crippen LogP contribution in [0.4, 0.5) is 0 Å². The molecule has 2 rings (SSSR count). The summed E-state index contributed by atoms with van der Waals surface area (Å²) in [4.78, 5) is 0. The first-order valence-corrected chi connectivity index (χ1v) is 5.51. The SMILES string of the molecule is Cc1cccc(-c2ccc(O)c(Br)c2)c1. The number of benzene rings is 2. The van der Waals surface area contributed by atoms with Gasteiger partial charge in [0.05, 0.1) is 4.47 Å². The van der Waals surface area contributed by atoms with E-state index in [4.69, 9.17) is 0 Å². The number of hydrogen-bond acceptors (Lipinski definition) is 1. The Morgan fingerprint density at radius 3 is 2.40 bits per heavy atom. The van der Waals surface area contributed by atoms with Crippen LogP contribution in [0.15, 0.2) is 46.9 Å². The van der Waals surface area contributed by atoms with Crippen LogP contribution in [-0.2, 0) is 0 Å². The van der Waals surface area contributed by atoms with Crippen molar-refractivity contribution < 1.29 is 5.11 Å². The molecule has 2 aromatic rings. The van der Waals surface area contributed by atoms with Gasteiger partial charge in [-0.1, -0.05) is 35.9 Å². The molecule has 0 bridgehead atoms. The second-order valence-corrected chi connectivity index (χ2v) is 4.39. The Morgan fingerprint density at radius 2 is 1.73 bits per heavy atom. The van der Waals surface area contributed by atoms with Crippen LogP contribution in [0.25, 0.3) is 11.1 Å². The molecule has 1 nitrogen and oxygen atoms in total. The molecule has 1 N–H and O–H groups in total. The summed E-state index contributed by atoms with van der Waals surface area (Å²) in [7, 11) is 0. The van der Waals surface area contributed by atoms with Crippen LogP contribution in [0.2, 0.25) is 0 Å². The minimum atomic E-state index is 0.270. The lowest BCUT2D eigenvalue weighted by Crippen LogP contribution is -1.79. The van der Waals surface area contributed by atoms with Crippen LogP contribution in [0.3, 0.4) is 0 Å². The highest BCUT2D eigenvalue weighted by Crippen LogP contribution is 2.29. The van der Waals surface area contributed by atoms with Crippen molar-refractivity contribution in [2.45, 2.75) is 6.92 Å². The molecule has 0 heterocycles. The summed E-state index contributed by atoms with van der Waals surface area (Å²) in [5, 5.41) is 9.40. The van der Waals surface area contributed by atoms with E-state index in [1.54, 1.807) is 6.07 Å². The maximum Gasteiger partial charge on any atom is 0.129 e. The molecule has 0 saturated heterocycles. The van der Waals surface area contributed by atoms with Crippen LogP contribution < -0.4 is 0 Å². The second kappa shape index (κ2) is 4.07. The zero-order valence-corrected chi connectivity index (χ0v) is 9.95. The van der Waals surface area contributed by atoms with Gasteiger partial charge in [-0.25, -0.2) is 0 Å². The molecule has 2 aromatic carbocycles. The lowest BCUT2D eigenvalue weighted by atomic mass is 10.0. The van der Waals surface area contributed by atoms with E-state index in [-0.39, 0.29) is 5.75 Å². The summed E-state index contributed by atoms with van der Waals surface area (Å²) in [5.74, 6) is 0.270. The highest BCUT2D eigenvalue weighted by atomic mass is 79.9. The van der Waals surface area contributed by atoms with Crippen LogP contribution in [0.1, 0.15) is 5.56 Å². The summed E-state index contributed by atoms with van der Waals surface area (Å²) in [6.45, 7) is 2.07. The Labute approximate surface area is 97.5 Å². The van der Waals surface area contributed by atoms with E-state index in [1.807, 2.05) is 18.2 Å². The van der Waals surface area contributed by atoms with Crippen LogP contribution in [-0.4, -0.2) is 5.11 Å². The van der Waals surface area contributed by atoms with Gasteiger partial charge in [0.25, 0.3) is 0 Å². The van der Waals surface area contributed by atoms with Crippen LogP contribution in [0.5, 0.6) is 5.75 Å². The van der Waals surface area contributed by atoms with Gasteiger partial charge in [-0.3, -0.25) is 0 Å². The van der Waals surface area contributed by atoms with Crippen molar-refractivity contribution in [3.05, 3.63) is 52.5 Å². The van der Waals surface area contributed by atoms with E-state index >= 15 is 0 Å². The number of hydrogen-bond donors (Lipinski definition) is 1. The maximum atomic E-state index is 9.40. The standard InChI is InChI=1S/C13H11BrO/c1-9-3-2-4-10(7-9)11-5-6-13(15)12(14)8-11/h2-8,15H,1H3. The van der Waals surface area contributed by atoms with E-state index in [1.165, 1.54) is 5.56 Å². The minimum Gasteiger partial charge on any atom is -0.507 e. The van der Waals surface area contributed by atoms with Gasteiger partial charge in [0.15, 0.2) is 0 Å². The summed E-state index contributed by atoms with van der Waals surface area (Å²) < 4.78 is 0.724. The van der Waals surface area contributed by atoms with E-state index in [9.17, 15) is 5.11 Å². The van der Waals surface area contributed by atoms with Crippen molar-refractivity contribution in [3.63, 3.8) is 0 Å². The van der Waals surface area contributed by atoms with Crippen molar-refractivity contribution in [2.75, 3.05) is 0 Å². The molecular weight excluding hydrogens is 252 g/mol. The molecule has 0 aliphatic heterocycles. The van der Waals surface area contributed by atoms with Gasteiger partial charge < -0.3 is 5.11 Å². The first-order valence-electron chi connectivity index (χ1n) is 4.72. The van der Waals surface area contributed by atoms with Gasteiger partial charge in [-0.15, -0.1) is 0 Å². The normalized spacial score (nSPS) is 10.3. The van der Waals surface area contributed by atoms with E-state index in [0.29, 0.717) is 0 Å². The fourth-order valence-corrected chi connectivity index (χ4v) is 1.89. The van der Waals surface area contributed by atoms with Gasteiger partial charge in [-0.2, -0.15) is 0 Å². The van der Waals surface area contributed by atoms with Crippen molar-refractivity contribution in [3.8, 4) is 16.9 Å². The average molecular weight is 263 g/mol. The third-order valence-electron chi connectivity index (χ3n) is 2.30. The fourth-order valence-electron chi connectivity index (χ4n) is 1.51. The van der Waals surface area contributed by atoms with Crippen molar-refractivity contribution in [2.24, 2.45) is 0 Å². The van der Waals surface area contributed by atoms with Crippen LogP contribution >= 0.6 is 15.9 Å². The lowest BCUT2D eigenvalue weighted by molar-refractivity contribution is 0.472. The summed E-state index contributed by atoms with van der Waals surface area (Å²) in [5.41, 5.74) is 3.50. The summed E-state index contributed by atoms with van der Waals surface area (Å²) in [6.07, 6.45) is 0. The molecular formula is C13H11BrO. The maximum absolute atomic E-state index is 9.40. The molecule has 0 spiro atoms. The molecule has 0 aliphatic rings. The van der Waals surface area contributed by atoms with E-state index in [2.05, 4.69) is 41.1 Å². The van der Waals surface area contributed by atoms with E-state index < -0.39 is 0 Å². The Hall–Kier alpha value is -1.28. The Kier molecular flexibility index (Phi) is 2.78. The molecule has 0 fully saturated rings. The van der Waals surface area contributed by atoms with Crippen molar-refractivity contribution >= 4 is 15.9 Å². The van der Waals surface area contributed by atoms with Crippen molar-refractivity contribution in [1.82, 2.24) is 0 Å². The van der Waals surface area contributed by atoms with Gasteiger partial charge in [0.1, 0.15) is 5.75 Å². The molecule has 15 heavy (non-hydrogen) atoms. The van der Waals surface area contributed by atoms with Gasteiger partial charge >= 0.3 is 0 Å². The summed E-state index contributed by atoms with van der Waals surface area (Å²) in [6, 6.07) is 13.8. The third-order valence-corrected chi connectivity index (χ3v) is 2.93. The molecule has 0 aliphatic carbocycles. The van der Waals surface area contributed by atoms with E-state index in [0.717, 1.165) is 15.6 Å². The number of phenolic OH excluding ortho intramolecular Hbond substituents is 1. The smallest absolute Gasteiger partial charge is 0.129 e. The molecule has 76 valence electrons. The van der Waals surface area contributed by atoms with Crippen LogP contribution in [0, 0.1) is 6.92 Å². The minimum absolute atomic E-state index is 0.270. The topological polar surface area (TPSA) is 20.2 Å². The predicted octanol–water partition coefficient (Wildman–Crippen LogP) is 4.13.